The topological polar surface area (TPSA) is 50.9 Å². The van der Waals surface area contributed by atoms with Gasteiger partial charge in [0.25, 0.3) is 11.7 Å². The van der Waals surface area contributed by atoms with E-state index in [-0.39, 0.29) is 5.91 Å². The number of nitrogens with one attached hydrogen (secondary N) is 3. The van der Waals surface area contributed by atoms with E-state index in [1.54, 1.807) is 0 Å². The third-order valence-electron chi connectivity index (χ3n) is 4.63. The van der Waals surface area contributed by atoms with Crippen LogP contribution in [0.3, 0.4) is 0 Å². The number of pyridine rings is 1. The van der Waals surface area contributed by atoms with Crippen molar-refractivity contribution >= 4 is 11.7 Å². The number of H-pyrrole nitrogens is 1. The van der Waals surface area contributed by atoms with Gasteiger partial charge in [0.15, 0.2) is 6.54 Å². The summed E-state index contributed by atoms with van der Waals surface area (Å²) in [6.45, 7) is 6.79. The van der Waals surface area contributed by atoms with E-state index in [2.05, 4.69) is 34.3 Å². The number of aromatic amines is 1. The Morgan fingerprint density at radius 1 is 1.43 bits per heavy atom. The van der Waals surface area contributed by atoms with Gasteiger partial charge in [0.05, 0.1) is 6.20 Å². The highest BCUT2D eigenvalue weighted by Gasteiger charge is 2.31. The average molecular weight is 290 g/mol. The third-order valence-corrected chi connectivity index (χ3v) is 4.63. The second-order valence-corrected chi connectivity index (χ2v) is 6.36. The average Bonchev–Trinajstić information content (AvgIpc) is 3.33. The van der Waals surface area contributed by atoms with E-state index in [0.717, 1.165) is 32.1 Å². The number of nitrogens with zero attached hydrogens (tertiary/aromatic N) is 1. The molecule has 5 heteroatoms. The predicted octanol–water partition coefficient (Wildman–Crippen LogP) is -0.880. The van der Waals surface area contributed by atoms with Gasteiger partial charge in [-0.05, 0) is 31.7 Å². The van der Waals surface area contributed by atoms with Crippen molar-refractivity contribution in [1.82, 2.24) is 5.32 Å². The Hall–Kier alpha value is -1.62. The summed E-state index contributed by atoms with van der Waals surface area (Å²) in [5.41, 5.74) is 0. The summed E-state index contributed by atoms with van der Waals surface area (Å²) >= 11 is 0. The minimum Gasteiger partial charge on any atom is -0.348 e. The first-order valence-electron chi connectivity index (χ1n) is 8.07. The number of quaternary nitrogens is 1. The zero-order valence-electron chi connectivity index (χ0n) is 12.8. The molecule has 1 aromatic rings. The molecule has 1 aromatic heterocycles. The lowest BCUT2D eigenvalue weighted by Gasteiger charge is -2.28. The number of piperazine rings is 1. The molecular formula is C16H26N4O+2. The van der Waals surface area contributed by atoms with Gasteiger partial charge in [-0.15, -0.1) is 0 Å². The first kappa shape index (κ1) is 14.3. The van der Waals surface area contributed by atoms with E-state index in [0.29, 0.717) is 12.6 Å². The molecule has 0 bridgehead atoms. The van der Waals surface area contributed by atoms with Crippen LogP contribution in [-0.4, -0.2) is 44.7 Å². The van der Waals surface area contributed by atoms with Crippen molar-refractivity contribution in [2.45, 2.75) is 25.8 Å². The highest BCUT2D eigenvalue weighted by molar-refractivity contribution is 5.77. The summed E-state index contributed by atoms with van der Waals surface area (Å²) < 4.78 is 0. The van der Waals surface area contributed by atoms with E-state index in [1.165, 1.54) is 23.6 Å². The van der Waals surface area contributed by atoms with E-state index >= 15 is 0 Å². The first-order valence-corrected chi connectivity index (χ1v) is 8.07. The molecule has 2 aliphatic rings. The maximum absolute atomic E-state index is 12.1. The van der Waals surface area contributed by atoms with E-state index in [4.69, 9.17) is 0 Å². The number of amides is 1. The van der Waals surface area contributed by atoms with Crippen molar-refractivity contribution < 1.29 is 14.7 Å². The summed E-state index contributed by atoms with van der Waals surface area (Å²) in [6.07, 6.45) is 4.52. The predicted molar refractivity (Wildman–Crippen MR) is 81.1 cm³/mol. The van der Waals surface area contributed by atoms with Crippen LogP contribution in [0, 0.1) is 5.92 Å². The highest BCUT2D eigenvalue weighted by atomic mass is 16.2. The minimum absolute atomic E-state index is 0.212. The molecule has 1 aliphatic carbocycles. The molecule has 1 amide bonds. The fourth-order valence-electron chi connectivity index (χ4n) is 3.07. The maximum atomic E-state index is 12.1. The maximum Gasteiger partial charge on any atom is 0.275 e. The Kier molecular flexibility index (Phi) is 4.39. The number of anilines is 1. The largest absolute Gasteiger partial charge is 0.348 e. The van der Waals surface area contributed by atoms with Crippen LogP contribution in [0.25, 0.3) is 0 Å². The molecule has 0 unspecified atom stereocenters. The highest BCUT2D eigenvalue weighted by Crippen LogP contribution is 2.32. The quantitative estimate of drug-likeness (QED) is 0.740. The zero-order valence-corrected chi connectivity index (χ0v) is 12.8. The molecular weight excluding hydrogens is 264 g/mol. The Morgan fingerprint density at radius 3 is 2.81 bits per heavy atom. The van der Waals surface area contributed by atoms with Crippen molar-refractivity contribution in [1.29, 1.82) is 0 Å². The molecule has 5 nitrogen and oxygen atoms in total. The standard InChI is InChI=1S/C16H24N4O/c1-13(14-5-6-14)18-16(21)12-19-8-10-20(11-9-19)15-4-2-3-7-17-15/h2-4,7,13-14H,5-6,8-12H2,1H3,(H,18,21)/p+2/t13-/m1/s1. The van der Waals surface area contributed by atoms with Crippen LogP contribution in [0.5, 0.6) is 0 Å². The van der Waals surface area contributed by atoms with Gasteiger partial charge in [-0.25, -0.2) is 4.98 Å². The van der Waals surface area contributed by atoms with Gasteiger partial charge in [-0.3, -0.25) is 9.69 Å². The van der Waals surface area contributed by atoms with Crippen LogP contribution in [0.1, 0.15) is 19.8 Å². The Bertz CT molecular complexity index is 466. The molecule has 3 N–H and O–H groups in total. The Morgan fingerprint density at radius 2 is 2.19 bits per heavy atom. The number of aromatic nitrogens is 1. The normalized spacial score (nSPS) is 21.1. The van der Waals surface area contributed by atoms with Crippen molar-refractivity contribution in [3.8, 4) is 0 Å². The van der Waals surface area contributed by atoms with E-state index in [9.17, 15) is 4.79 Å². The zero-order chi connectivity index (χ0) is 14.7. The van der Waals surface area contributed by atoms with E-state index < -0.39 is 0 Å². The fraction of sp³-hybridized carbons (Fsp3) is 0.625. The molecule has 0 spiro atoms. The number of hydrogen-bond acceptors (Lipinski definition) is 2. The molecule has 3 rings (SSSR count). The molecule has 1 saturated heterocycles. The molecule has 114 valence electrons. The van der Waals surface area contributed by atoms with Crippen molar-refractivity contribution in [3.63, 3.8) is 0 Å². The second-order valence-electron chi connectivity index (χ2n) is 6.36. The number of hydrogen-bond donors (Lipinski definition) is 2. The van der Waals surface area contributed by atoms with Gasteiger partial charge in [0, 0.05) is 12.1 Å². The molecule has 2 heterocycles. The molecule has 1 aliphatic heterocycles. The SMILES string of the molecule is C[C@@H](NC(=O)C[NH+]1CCN(c2cccc[nH+]2)CC1)C1CC1. The molecule has 1 saturated carbocycles. The van der Waals surface area contributed by atoms with Crippen LogP contribution < -0.4 is 20.1 Å². The number of carbonyl (C=O) groups is 1. The van der Waals surface area contributed by atoms with Gasteiger partial charge in [0.1, 0.15) is 26.2 Å². The van der Waals surface area contributed by atoms with Gasteiger partial charge in [0.2, 0.25) is 0 Å². The van der Waals surface area contributed by atoms with Crippen LogP contribution in [0.2, 0.25) is 0 Å². The molecule has 21 heavy (non-hydrogen) atoms. The fourth-order valence-corrected chi connectivity index (χ4v) is 3.07. The van der Waals surface area contributed by atoms with Gasteiger partial charge < -0.3 is 10.2 Å². The minimum atomic E-state index is 0.212. The lowest BCUT2D eigenvalue weighted by Crippen LogP contribution is -3.16. The second kappa shape index (κ2) is 6.43. The lowest BCUT2D eigenvalue weighted by molar-refractivity contribution is -0.892. The van der Waals surface area contributed by atoms with Crippen molar-refractivity contribution in [3.05, 3.63) is 24.4 Å². The Balaban J connectivity index is 1.42. The van der Waals surface area contributed by atoms with Crippen LogP contribution in [0.4, 0.5) is 5.82 Å². The molecule has 1 atom stereocenters. The van der Waals surface area contributed by atoms with Gasteiger partial charge >= 0.3 is 0 Å². The molecule has 0 aromatic carbocycles. The van der Waals surface area contributed by atoms with Crippen molar-refractivity contribution in [2.24, 2.45) is 5.92 Å². The van der Waals surface area contributed by atoms with Gasteiger partial charge in [-0.1, -0.05) is 6.07 Å². The summed E-state index contributed by atoms with van der Waals surface area (Å²) in [5.74, 6) is 2.11. The number of rotatable bonds is 5. The number of carbonyl (C=O) groups excluding carboxylic acids is 1. The van der Waals surface area contributed by atoms with E-state index in [1.807, 2.05) is 12.3 Å². The monoisotopic (exact) mass is 290 g/mol. The van der Waals surface area contributed by atoms with Crippen LogP contribution >= 0.6 is 0 Å². The first-order chi connectivity index (χ1) is 10.2. The lowest BCUT2D eigenvalue weighted by atomic mass is 10.2. The van der Waals surface area contributed by atoms with Crippen molar-refractivity contribution in [2.75, 3.05) is 37.6 Å². The van der Waals surface area contributed by atoms with Crippen LogP contribution in [-0.2, 0) is 4.79 Å². The van der Waals surface area contributed by atoms with Crippen LogP contribution in [0.15, 0.2) is 24.4 Å². The molecule has 2 fully saturated rings. The summed E-state index contributed by atoms with van der Waals surface area (Å²) in [6, 6.07) is 6.51. The summed E-state index contributed by atoms with van der Waals surface area (Å²) in [7, 11) is 0. The Labute approximate surface area is 126 Å². The van der Waals surface area contributed by atoms with Gasteiger partial charge in [-0.2, -0.15) is 0 Å². The molecule has 0 radical (unpaired) electrons. The summed E-state index contributed by atoms with van der Waals surface area (Å²) in [4.78, 5) is 19.1. The summed E-state index contributed by atoms with van der Waals surface area (Å²) in [5, 5.41) is 3.15. The smallest absolute Gasteiger partial charge is 0.275 e. The third kappa shape index (κ3) is 3.94.